The second-order valence-electron chi connectivity index (χ2n) is 10.4. The van der Waals surface area contributed by atoms with Gasteiger partial charge in [-0.1, -0.05) is 60.2 Å². The van der Waals surface area contributed by atoms with Crippen LogP contribution in [-0.4, -0.2) is 46.9 Å². The number of primary amides is 1. The molecule has 0 saturated heterocycles. The Labute approximate surface area is 230 Å². The molecule has 210 valence electrons. The Hall–Kier alpha value is -4.14. The quantitative estimate of drug-likeness (QED) is 0.355. The first kappa shape index (κ1) is 31.1. The van der Waals surface area contributed by atoms with E-state index in [0.717, 1.165) is 16.7 Å². The molecule has 0 spiro atoms. The van der Waals surface area contributed by atoms with E-state index in [-0.39, 0.29) is 25.9 Å². The normalized spacial score (nSPS) is 12.5. The minimum absolute atomic E-state index is 0.0125. The molecule has 4 amide bonds. The van der Waals surface area contributed by atoms with Crippen molar-refractivity contribution >= 4 is 23.8 Å². The van der Waals surface area contributed by atoms with Crippen LogP contribution < -0.4 is 16.4 Å². The summed E-state index contributed by atoms with van der Waals surface area (Å²) in [6.07, 6.45) is 0.479. The lowest BCUT2D eigenvalue weighted by atomic mass is 9.96. The van der Waals surface area contributed by atoms with Crippen LogP contribution in [0, 0.1) is 13.8 Å². The Bertz CT molecular complexity index is 1170. The maximum atomic E-state index is 14.0. The molecule has 0 fully saturated rings. The van der Waals surface area contributed by atoms with E-state index >= 15 is 0 Å². The molecule has 9 nitrogen and oxygen atoms in total. The zero-order valence-corrected chi connectivity index (χ0v) is 23.5. The van der Waals surface area contributed by atoms with Crippen molar-refractivity contribution in [2.75, 3.05) is 6.54 Å². The van der Waals surface area contributed by atoms with Gasteiger partial charge in [-0.15, -0.1) is 6.58 Å². The van der Waals surface area contributed by atoms with E-state index in [2.05, 4.69) is 17.2 Å². The van der Waals surface area contributed by atoms with Crippen molar-refractivity contribution in [3.63, 3.8) is 0 Å². The monoisotopic (exact) mass is 536 g/mol. The summed E-state index contributed by atoms with van der Waals surface area (Å²) in [7, 11) is 0. The van der Waals surface area contributed by atoms with Crippen LogP contribution in [-0.2, 0) is 25.7 Å². The van der Waals surface area contributed by atoms with E-state index in [1.807, 2.05) is 62.4 Å². The topological polar surface area (TPSA) is 131 Å². The Kier molecular flexibility index (Phi) is 11.3. The van der Waals surface area contributed by atoms with Crippen LogP contribution in [0.3, 0.4) is 0 Å². The number of nitrogens with two attached hydrogens (primary N) is 1. The van der Waals surface area contributed by atoms with Gasteiger partial charge < -0.3 is 26.0 Å². The highest BCUT2D eigenvalue weighted by Crippen LogP contribution is 2.27. The van der Waals surface area contributed by atoms with Gasteiger partial charge in [0.05, 0.1) is 0 Å². The molecule has 0 heterocycles. The summed E-state index contributed by atoms with van der Waals surface area (Å²) in [6, 6.07) is 12.9. The lowest BCUT2D eigenvalue weighted by Gasteiger charge is -2.34. The van der Waals surface area contributed by atoms with Gasteiger partial charge in [0.25, 0.3) is 0 Å². The molecule has 0 radical (unpaired) electrons. The van der Waals surface area contributed by atoms with E-state index < -0.39 is 41.5 Å². The summed E-state index contributed by atoms with van der Waals surface area (Å²) in [4.78, 5) is 53.3. The first-order valence-corrected chi connectivity index (χ1v) is 12.9. The second-order valence-corrected chi connectivity index (χ2v) is 10.4. The zero-order chi connectivity index (χ0) is 29.2. The number of rotatable bonds is 12. The zero-order valence-electron chi connectivity index (χ0n) is 23.5. The number of amides is 4. The van der Waals surface area contributed by atoms with Crippen LogP contribution in [0.25, 0.3) is 0 Å². The van der Waals surface area contributed by atoms with Crippen molar-refractivity contribution < 1.29 is 23.9 Å². The highest BCUT2D eigenvalue weighted by molar-refractivity contribution is 5.92. The van der Waals surface area contributed by atoms with Crippen molar-refractivity contribution in [3.05, 3.63) is 83.4 Å². The van der Waals surface area contributed by atoms with Crippen molar-refractivity contribution in [3.8, 4) is 0 Å². The van der Waals surface area contributed by atoms with Gasteiger partial charge in [-0.3, -0.25) is 14.4 Å². The molecule has 2 aromatic rings. The summed E-state index contributed by atoms with van der Waals surface area (Å²) < 4.78 is 5.34. The Morgan fingerprint density at radius 2 is 1.74 bits per heavy atom. The van der Waals surface area contributed by atoms with E-state index in [4.69, 9.17) is 10.5 Å². The van der Waals surface area contributed by atoms with Gasteiger partial charge in [0.15, 0.2) is 0 Å². The highest BCUT2D eigenvalue weighted by atomic mass is 16.6. The number of benzene rings is 2. The number of hydrogen-bond donors (Lipinski definition) is 3. The first-order chi connectivity index (χ1) is 18.3. The van der Waals surface area contributed by atoms with Gasteiger partial charge in [0, 0.05) is 19.5 Å². The molecule has 0 aliphatic rings. The average molecular weight is 537 g/mol. The molecule has 0 aliphatic heterocycles. The predicted molar refractivity (Wildman–Crippen MR) is 150 cm³/mol. The molecule has 4 N–H and O–H groups in total. The summed E-state index contributed by atoms with van der Waals surface area (Å²) >= 11 is 0. The molecule has 2 aromatic carbocycles. The molecular weight excluding hydrogens is 496 g/mol. The van der Waals surface area contributed by atoms with Crippen LogP contribution >= 0.6 is 0 Å². The van der Waals surface area contributed by atoms with Crippen LogP contribution in [0.4, 0.5) is 4.79 Å². The molecule has 2 rings (SSSR count). The molecule has 2 unspecified atom stereocenters. The SMILES string of the molecule is C=CCN(C(=O)C(CCC(N)=O)NC(=O)OC(C)(C)C)C(C(=O)NCc1ccccc1)c1ccc(C)cc1C. The number of alkyl carbamates (subject to hydrolysis) is 1. The Morgan fingerprint density at radius 3 is 2.31 bits per heavy atom. The van der Waals surface area contributed by atoms with Crippen LogP contribution in [0.5, 0.6) is 0 Å². The largest absolute Gasteiger partial charge is 0.444 e. The molecular formula is C30H40N4O5. The van der Waals surface area contributed by atoms with Crippen LogP contribution in [0.1, 0.15) is 61.9 Å². The van der Waals surface area contributed by atoms with E-state index in [9.17, 15) is 19.2 Å². The number of carbonyl (C=O) groups is 4. The van der Waals surface area contributed by atoms with Gasteiger partial charge >= 0.3 is 6.09 Å². The van der Waals surface area contributed by atoms with Crippen LogP contribution in [0.15, 0.2) is 61.2 Å². The molecule has 0 saturated carbocycles. The summed E-state index contributed by atoms with van der Waals surface area (Å²) in [5, 5.41) is 5.51. The standard InChI is InChI=1S/C30H40N4O5/c1-7-17-34(28(37)24(15-16-25(31)35)33-29(38)39-30(4,5)6)26(23-14-13-20(2)18-21(23)3)27(36)32-19-22-11-9-8-10-12-22/h7-14,18,24,26H,1,15-17,19H2,2-6H3,(H2,31,35)(H,32,36)(H,33,38). The molecule has 0 aromatic heterocycles. The predicted octanol–water partition coefficient (Wildman–Crippen LogP) is 3.83. The molecule has 2 atom stereocenters. The third-order valence-electron chi connectivity index (χ3n) is 5.87. The fourth-order valence-corrected chi connectivity index (χ4v) is 4.12. The lowest BCUT2D eigenvalue weighted by molar-refractivity contribution is -0.142. The molecule has 0 aliphatic carbocycles. The highest BCUT2D eigenvalue weighted by Gasteiger charge is 2.36. The smallest absolute Gasteiger partial charge is 0.408 e. The fourth-order valence-electron chi connectivity index (χ4n) is 4.12. The van der Waals surface area contributed by atoms with Gasteiger partial charge in [-0.25, -0.2) is 4.79 Å². The fraction of sp³-hybridized carbons (Fsp3) is 0.400. The number of ether oxygens (including phenoxy) is 1. The van der Waals surface area contributed by atoms with Gasteiger partial charge in [0.2, 0.25) is 17.7 Å². The van der Waals surface area contributed by atoms with Crippen molar-refractivity contribution in [2.45, 2.75) is 71.7 Å². The molecule has 9 heteroatoms. The minimum atomic E-state index is -1.16. The number of nitrogens with zero attached hydrogens (tertiary/aromatic N) is 1. The van der Waals surface area contributed by atoms with Crippen LogP contribution in [0.2, 0.25) is 0 Å². The van der Waals surface area contributed by atoms with E-state index in [1.165, 1.54) is 11.0 Å². The number of carbonyl (C=O) groups excluding carboxylic acids is 4. The first-order valence-electron chi connectivity index (χ1n) is 12.9. The Balaban J connectivity index is 2.49. The van der Waals surface area contributed by atoms with Gasteiger partial charge in [0.1, 0.15) is 17.7 Å². The van der Waals surface area contributed by atoms with Crippen molar-refractivity contribution in [1.29, 1.82) is 0 Å². The maximum Gasteiger partial charge on any atom is 0.408 e. The Morgan fingerprint density at radius 1 is 1.08 bits per heavy atom. The summed E-state index contributed by atoms with van der Waals surface area (Å²) in [5.41, 5.74) is 7.91. The van der Waals surface area contributed by atoms with Gasteiger partial charge in [-0.2, -0.15) is 0 Å². The number of hydrogen-bond acceptors (Lipinski definition) is 5. The third-order valence-corrected chi connectivity index (χ3v) is 5.87. The van der Waals surface area contributed by atoms with Gasteiger partial charge in [-0.05, 0) is 57.7 Å². The summed E-state index contributed by atoms with van der Waals surface area (Å²) in [6.45, 7) is 13.0. The van der Waals surface area contributed by atoms with Crippen molar-refractivity contribution in [1.82, 2.24) is 15.5 Å². The number of nitrogens with one attached hydrogen (secondary N) is 2. The maximum absolute atomic E-state index is 14.0. The van der Waals surface area contributed by atoms with E-state index in [0.29, 0.717) is 5.56 Å². The lowest BCUT2D eigenvalue weighted by Crippen LogP contribution is -2.53. The average Bonchev–Trinajstić information content (AvgIpc) is 2.85. The third kappa shape index (κ3) is 9.92. The second kappa shape index (κ2) is 14.1. The summed E-state index contributed by atoms with van der Waals surface area (Å²) in [5.74, 6) is -1.59. The molecule has 0 bridgehead atoms. The molecule has 39 heavy (non-hydrogen) atoms. The number of aryl methyl sites for hydroxylation is 2. The minimum Gasteiger partial charge on any atom is -0.444 e. The van der Waals surface area contributed by atoms with Crippen molar-refractivity contribution in [2.24, 2.45) is 5.73 Å². The van der Waals surface area contributed by atoms with E-state index in [1.54, 1.807) is 20.8 Å².